The summed E-state index contributed by atoms with van der Waals surface area (Å²) in [6.07, 6.45) is 1.64. The Morgan fingerprint density at radius 2 is 2.30 bits per heavy atom. The Hall–Kier alpha value is -1.01. The number of methoxy groups -OCH3 is 1. The smallest absolute Gasteiger partial charge is 0.260 e. The lowest BCUT2D eigenvalue weighted by Gasteiger charge is -2.07. The van der Waals surface area contributed by atoms with Crippen LogP contribution in [0.1, 0.15) is 11.3 Å². The van der Waals surface area contributed by atoms with E-state index in [0.717, 1.165) is 34.3 Å². The Bertz CT molecular complexity index is 560. The van der Waals surface area contributed by atoms with E-state index in [1.807, 2.05) is 25.1 Å². The fourth-order valence-corrected chi connectivity index (χ4v) is 2.72. The third kappa shape index (κ3) is 4.52. The summed E-state index contributed by atoms with van der Waals surface area (Å²) in [5.41, 5.74) is 1.94. The van der Waals surface area contributed by atoms with Crippen LogP contribution >= 0.6 is 23.4 Å². The van der Waals surface area contributed by atoms with Crippen molar-refractivity contribution in [2.24, 2.45) is 0 Å². The van der Waals surface area contributed by atoms with Gasteiger partial charge in [0.05, 0.1) is 12.3 Å². The summed E-state index contributed by atoms with van der Waals surface area (Å²) in [4.78, 5) is 5.27. The van der Waals surface area contributed by atoms with Gasteiger partial charge in [0.25, 0.3) is 5.22 Å². The van der Waals surface area contributed by atoms with Crippen molar-refractivity contribution in [3.63, 3.8) is 0 Å². The molecule has 0 aliphatic rings. The van der Waals surface area contributed by atoms with Gasteiger partial charge in [-0.3, -0.25) is 0 Å². The Kier molecular flexibility index (Phi) is 5.91. The molecule has 1 N–H and O–H groups in total. The number of aryl methyl sites for hydroxylation is 1. The number of ether oxygens (including phenoxy) is 1. The van der Waals surface area contributed by atoms with Gasteiger partial charge in [0.2, 0.25) is 0 Å². The Labute approximate surface area is 127 Å². The van der Waals surface area contributed by atoms with Crippen LogP contribution in [0, 0.1) is 6.92 Å². The zero-order valence-corrected chi connectivity index (χ0v) is 13.1. The highest BCUT2D eigenvalue weighted by Gasteiger charge is 2.06. The lowest BCUT2D eigenvalue weighted by molar-refractivity contribution is 0.199. The Morgan fingerprint density at radius 1 is 1.45 bits per heavy atom. The molecule has 0 aliphatic carbocycles. The van der Waals surface area contributed by atoms with Crippen LogP contribution in [0.15, 0.2) is 39.0 Å². The lowest BCUT2D eigenvalue weighted by atomic mass is 10.2. The molecule has 0 atom stereocenters. The van der Waals surface area contributed by atoms with Crippen molar-refractivity contribution >= 4 is 23.4 Å². The van der Waals surface area contributed by atoms with E-state index < -0.39 is 0 Å². The first-order chi connectivity index (χ1) is 9.69. The fraction of sp³-hybridized carbons (Fsp3) is 0.357. The molecule has 20 heavy (non-hydrogen) atoms. The minimum Gasteiger partial charge on any atom is -0.439 e. The molecule has 0 unspecified atom stereocenters. The molecule has 2 rings (SSSR count). The van der Waals surface area contributed by atoms with Crippen molar-refractivity contribution in [1.29, 1.82) is 0 Å². The fourth-order valence-electron chi connectivity index (χ4n) is 1.61. The van der Waals surface area contributed by atoms with Crippen LogP contribution in [0.3, 0.4) is 0 Å². The highest BCUT2D eigenvalue weighted by atomic mass is 35.5. The largest absolute Gasteiger partial charge is 0.439 e. The standard InChI is InChI=1S/C14H17ClN2O2S/c1-10-9-19-14(17-10)20-12-4-3-11(13(15)7-12)8-16-5-6-18-2/h3-4,7,9,16H,5-6,8H2,1-2H3. The van der Waals surface area contributed by atoms with E-state index in [1.54, 1.807) is 13.4 Å². The van der Waals surface area contributed by atoms with Gasteiger partial charge in [-0.2, -0.15) is 0 Å². The second-order valence-corrected chi connectivity index (χ2v) is 5.71. The average molecular weight is 313 g/mol. The summed E-state index contributed by atoms with van der Waals surface area (Å²) >= 11 is 7.74. The minimum atomic E-state index is 0.629. The highest BCUT2D eigenvalue weighted by Crippen LogP contribution is 2.30. The maximum atomic E-state index is 6.28. The summed E-state index contributed by atoms with van der Waals surface area (Å²) in [6.45, 7) is 4.12. The number of halogens is 1. The normalized spacial score (nSPS) is 10.9. The van der Waals surface area contributed by atoms with Gasteiger partial charge in [0.1, 0.15) is 6.26 Å². The number of rotatable bonds is 7. The number of aromatic nitrogens is 1. The van der Waals surface area contributed by atoms with Crippen LogP contribution in [0.2, 0.25) is 5.02 Å². The van der Waals surface area contributed by atoms with Crippen molar-refractivity contribution in [3.05, 3.63) is 40.7 Å². The van der Waals surface area contributed by atoms with E-state index >= 15 is 0 Å². The van der Waals surface area contributed by atoms with E-state index in [4.69, 9.17) is 20.8 Å². The summed E-state index contributed by atoms with van der Waals surface area (Å²) in [6, 6.07) is 5.96. The molecule has 1 aromatic carbocycles. The Balaban J connectivity index is 1.94. The Morgan fingerprint density at radius 3 is 2.95 bits per heavy atom. The van der Waals surface area contributed by atoms with E-state index in [9.17, 15) is 0 Å². The summed E-state index contributed by atoms with van der Waals surface area (Å²) in [5, 5.41) is 4.64. The maximum Gasteiger partial charge on any atom is 0.260 e. The monoisotopic (exact) mass is 312 g/mol. The molecular formula is C14H17ClN2O2S. The van der Waals surface area contributed by atoms with Crippen LogP contribution in [0.5, 0.6) is 0 Å². The quantitative estimate of drug-likeness (QED) is 0.793. The van der Waals surface area contributed by atoms with Gasteiger partial charge >= 0.3 is 0 Å². The molecule has 0 radical (unpaired) electrons. The van der Waals surface area contributed by atoms with Gasteiger partial charge in [-0.1, -0.05) is 17.7 Å². The number of hydrogen-bond donors (Lipinski definition) is 1. The van der Waals surface area contributed by atoms with Crippen LogP contribution in [0.4, 0.5) is 0 Å². The van der Waals surface area contributed by atoms with Crippen molar-refractivity contribution in [1.82, 2.24) is 10.3 Å². The predicted molar refractivity (Wildman–Crippen MR) is 80.4 cm³/mol. The zero-order chi connectivity index (χ0) is 14.4. The second-order valence-electron chi connectivity index (χ2n) is 4.28. The molecule has 0 aliphatic heterocycles. The van der Waals surface area contributed by atoms with Crippen molar-refractivity contribution in [2.75, 3.05) is 20.3 Å². The van der Waals surface area contributed by atoms with Gasteiger partial charge in [-0.25, -0.2) is 4.98 Å². The molecule has 1 aromatic heterocycles. The molecule has 4 nitrogen and oxygen atoms in total. The molecule has 0 spiro atoms. The van der Waals surface area contributed by atoms with E-state index in [2.05, 4.69) is 10.3 Å². The van der Waals surface area contributed by atoms with Crippen LogP contribution in [0.25, 0.3) is 0 Å². The molecule has 1 heterocycles. The van der Waals surface area contributed by atoms with Gasteiger partial charge in [0.15, 0.2) is 0 Å². The molecular weight excluding hydrogens is 296 g/mol. The van der Waals surface area contributed by atoms with Gasteiger partial charge < -0.3 is 14.5 Å². The molecule has 0 bridgehead atoms. The molecule has 0 fully saturated rings. The SMILES string of the molecule is COCCNCc1ccc(Sc2nc(C)co2)cc1Cl. The number of benzene rings is 1. The van der Waals surface area contributed by atoms with E-state index in [-0.39, 0.29) is 0 Å². The molecule has 0 saturated carbocycles. The van der Waals surface area contributed by atoms with Gasteiger partial charge in [0, 0.05) is 30.1 Å². The molecule has 0 amide bonds. The summed E-state index contributed by atoms with van der Waals surface area (Å²) < 4.78 is 10.3. The third-order valence-electron chi connectivity index (χ3n) is 2.63. The first-order valence-corrected chi connectivity index (χ1v) is 7.46. The van der Waals surface area contributed by atoms with Crippen molar-refractivity contribution in [3.8, 4) is 0 Å². The number of hydrogen-bond acceptors (Lipinski definition) is 5. The van der Waals surface area contributed by atoms with Crippen LogP contribution in [-0.2, 0) is 11.3 Å². The number of nitrogens with zero attached hydrogens (tertiary/aromatic N) is 1. The highest BCUT2D eigenvalue weighted by molar-refractivity contribution is 7.99. The van der Waals surface area contributed by atoms with Crippen LogP contribution in [-0.4, -0.2) is 25.2 Å². The molecule has 0 saturated heterocycles. The molecule has 108 valence electrons. The van der Waals surface area contributed by atoms with Gasteiger partial charge in [-0.05, 0) is 36.4 Å². The van der Waals surface area contributed by atoms with Gasteiger partial charge in [-0.15, -0.1) is 0 Å². The predicted octanol–water partition coefficient (Wildman–Crippen LogP) is 3.52. The average Bonchev–Trinajstić information content (AvgIpc) is 2.82. The number of nitrogens with one attached hydrogen (secondary N) is 1. The summed E-state index contributed by atoms with van der Waals surface area (Å²) in [5.74, 6) is 0. The zero-order valence-electron chi connectivity index (χ0n) is 11.5. The first kappa shape index (κ1) is 15.4. The van der Waals surface area contributed by atoms with E-state index in [1.165, 1.54) is 11.8 Å². The maximum absolute atomic E-state index is 6.28. The minimum absolute atomic E-state index is 0.629. The third-order valence-corrected chi connectivity index (χ3v) is 3.83. The number of oxazole rings is 1. The molecule has 6 heteroatoms. The lowest BCUT2D eigenvalue weighted by Crippen LogP contribution is -2.18. The van der Waals surface area contributed by atoms with Crippen LogP contribution < -0.4 is 5.32 Å². The van der Waals surface area contributed by atoms with E-state index in [0.29, 0.717) is 11.8 Å². The van der Waals surface area contributed by atoms with Crippen molar-refractivity contribution in [2.45, 2.75) is 23.6 Å². The molecule has 2 aromatic rings. The van der Waals surface area contributed by atoms with Crippen molar-refractivity contribution < 1.29 is 9.15 Å². The topological polar surface area (TPSA) is 47.3 Å². The summed E-state index contributed by atoms with van der Waals surface area (Å²) in [7, 11) is 1.69. The first-order valence-electron chi connectivity index (χ1n) is 6.27. The second kappa shape index (κ2) is 7.69.